The minimum atomic E-state index is -0.182. The summed E-state index contributed by atoms with van der Waals surface area (Å²) in [4.78, 5) is 19.4. The van der Waals surface area contributed by atoms with E-state index in [0.717, 1.165) is 32.1 Å². The molecule has 0 N–H and O–H groups in total. The molecule has 140 valence electrons. The molecule has 6 heteroatoms. The summed E-state index contributed by atoms with van der Waals surface area (Å²) in [6.07, 6.45) is 3.09. The maximum Gasteiger partial charge on any atom is 0.283 e. The number of aryl methyl sites for hydroxylation is 1. The summed E-state index contributed by atoms with van der Waals surface area (Å²) in [6.45, 7) is 4.51. The molecule has 0 bridgehead atoms. The first kappa shape index (κ1) is 18.1. The Bertz CT molecular complexity index is 1210. The molecule has 5 nitrogen and oxygen atoms in total. The fourth-order valence-corrected chi connectivity index (χ4v) is 4.13. The van der Waals surface area contributed by atoms with Crippen molar-refractivity contribution in [1.29, 1.82) is 0 Å². The van der Waals surface area contributed by atoms with Crippen LogP contribution in [-0.2, 0) is 0 Å². The van der Waals surface area contributed by atoms with Gasteiger partial charge in [0.05, 0.1) is 18.2 Å². The van der Waals surface area contributed by atoms with E-state index in [0.29, 0.717) is 12.0 Å². The van der Waals surface area contributed by atoms with E-state index >= 15 is 0 Å². The summed E-state index contributed by atoms with van der Waals surface area (Å²) < 4.78 is 6.89. The molecular weight excluding hydrogens is 370 g/mol. The van der Waals surface area contributed by atoms with E-state index in [-0.39, 0.29) is 5.56 Å². The van der Waals surface area contributed by atoms with Crippen LogP contribution in [0.2, 0.25) is 0 Å². The Kier molecular flexibility index (Phi) is 5.04. The number of rotatable bonds is 5. The lowest BCUT2D eigenvalue weighted by Crippen LogP contribution is -2.17. The molecule has 0 spiro atoms. The van der Waals surface area contributed by atoms with Gasteiger partial charge in [0, 0.05) is 16.0 Å². The van der Waals surface area contributed by atoms with Gasteiger partial charge in [-0.15, -0.1) is 11.3 Å². The van der Waals surface area contributed by atoms with E-state index in [1.165, 1.54) is 22.3 Å². The summed E-state index contributed by atoms with van der Waals surface area (Å²) in [7, 11) is 0. The lowest BCUT2D eigenvalue weighted by Gasteiger charge is -2.06. The van der Waals surface area contributed by atoms with Gasteiger partial charge in [-0.05, 0) is 31.5 Å². The van der Waals surface area contributed by atoms with Crippen molar-refractivity contribution in [3.63, 3.8) is 0 Å². The minimum absolute atomic E-state index is 0.182. The second-order valence-electron chi connectivity index (χ2n) is 6.19. The third-order valence-electron chi connectivity index (χ3n) is 4.37. The monoisotopic (exact) mass is 389 g/mol. The van der Waals surface area contributed by atoms with Gasteiger partial charge < -0.3 is 4.74 Å². The van der Waals surface area contributed by atoms with Crippen molar-refractivity contribution in [2.24, 2.45) is 5.10 Å². The Morgan fingerprint density at radius 2 is 1.89 bits per heavy atom. The van der Waals surface area contributed by atoms with Crippen LogP contribution >= 0.6 is 11.3 Å². The average Bonchev–Trinajstić information content (AvgIpc) is 3.06. The average molecular weight is 389 g/mol. The number of hydrogen-bond donors (Lipinski definition) is 0. The molecule has 0 unspecified atom stereocenters. The van der Waals surface area contributed by atoms with Crippen LogP contribution in [0.1, 0.15) is 17.4 Å². The molecule has 0 fully saturated rings. The van der Waals surface area contributed by atoms with Gasteiger partial charge in [-0.25, -0.2) is 4.98 Å². The molecule has 0 saturated carbocycles. The highest BCUT2D eigenvalue weighted by Crippen LogP contribution is 2.35. The predicted molar refractivity (Wildman–Crippen MR) is 115 cm³/mol. The number of ether oxygens (including phenoxy) is 1. The molecule has 2 aromatic carbocycles. The van der Waals surface area contributed by atoms with E-state index in [9.17, 15) is 4.79 Å². The van der Waals surface area contributed by atoms with Gasteiger partial charge in [0.15, 0.2) is 0 Å². The SMILES string of the molecule is CCOc1ccccc1/C=N\n1cnc2sc(C)c(-c3ccccc3)c2c1=O. The molecule has 28 heavy (non-hydrogen) atoms. The van der Waals surface area contributed by atoms with Crippen LogP contribution in [0, 0.1) is 6.92 Å². The van der Waals surface area contributed by atoms with Gasteiger partial charge in [-0.1, -0.05) is 42.5 Å². The fraction of sp³-hybridized carbons (Fsp3) is 0.136. The van der Waals surface area contributed by atoms with E-state index in [2.05, 4.69) is 10.1 Å². The first-order chi connectivity index (χ1) is 13.7. The van der Waals surface area contributed by atoms with Gasteiger partial charge in [-0.2, -0.15) is 9.78 Å². The van der Waals surface area contributed by atoms with Gasteiger partial charge in [-0.3, -0.25) is 4.79 Å². The zero-order chi connectivity index (χ0) is 19.5. The number of nitrogens with zero attached hydrogens (tertiary/aromatic N) is 3. The van der Waals surface area contributed by atoms with Crippen molar-refractivity contribution in [1.82, 2.24) is 9.66 Å². The summed E-state index contributed by atoms with van der Waals surface area (Å²) in [5, 5.41) is 4.96. The van der Waals surface area contributed by atoms with Gasteiger partial charge >= 0.3 is 0 Å². The number of hydrogen-bond acceptors (Lipinski definition) is 5. The first-order valence-corrected chi connectivity index (χ1v) is 9.83. The third kappa shape index (κ3) is 3.34. The molecule has 4 rings (SSSR count). The summed E-state index contributed by atoms with van der Waals surface area (Å²) >= 11 is 1.52. The van der Waals surface area contributed by atoms with Gasteiger partial charge in [0.2, 0.25) is 0 Å². The minimum Gasteiger partial charge on any atom is -0.493 e. The van der Waals surface area contributed by atoms with Crippen molar-refractivity contribution in [3.8, 4) is 16.9 Å². The normalized spacial score (nSPS) is 11.4. The summed E-state index contributed by atoms with van der Waals surface area (Å²) in [5.41, 5.74) is 2.56. The maximum atomic E-state index is 13.2. The number of para-hydroxylation sites is 1. The predicted octanol–water partition coefficient (Wildman–Crippen LogP) is 4.71. The van der Waals surface area contributed by atoms with E-state index in [4.69, 9.17) is 4.74 Å². The van der Waals surface area contributed by atoms with E-state index in [1.54, 1.807) is 6.21 Å². The third-order valence-corrected chi connectivity index (χ3v) is 5.39. The van der Waals surface area contributed by atoms with Crippen LogP contribution in [0.25, 0.3) is 21.3 Å². The highest BCUT2D eigenvalue weighted by atomic mass is 32.1. The molecule has 0 aliphatic heterocycles. The topological polar surface area (TPSA) is 56.5 Å². The molecular formula is C22H19N3O2S. The van der Waals surface area contributed by atoms with Gasteiger partial charge in [0.25, 0.3) is 5.56 Å². The quantitative estimate of drug-likeness (QED) is 0.464. The van der Waals surface area contributed by atoms with Crippen LogP contribution in [0.4, 0.5) is 0 Å². The second-order valence-corrected chi connectivity index (χ2v) is 7.39. The number of benzene rings is 2. The Labute approximate surface area is 166 Å². The van der Waals surface area contributed by atoms with Crippen molar-refractivity contribution in [2.75, 3.05) is 6.61 Å². The number of aromatic nitrogens is 2. The number of thiophene rings is 1. The molecule has 0 aliphatic rings. The standard InChI is InChI=1S/C22H19N3O2S/c1-3-27-18-12-8-7-11-17(18)13-24-25-14-23-21-20(22(25)26)19(15(2)28-21)16-9-5-4-6-10-16/h4-14H,3H2,1-2H3/b24-13-. The van der Waals surface area contributed by atoms with E-state index in [1.807, 2.05) is 68.4 Å². The van der Waals surface area contributed by atoms with Crippen LogP contribution in [0.3, 0.4) is 0 Å². The smallest absolute Gasteiger partial charge is 0.283 e. The second kappa shape index (κ2) is 7.78. The van der Waals surface area contributed by atoms with Crippen molar-refractivity contribution < 1.29 is 4.74 Å². The molecule has 0 radical (unpaired) electrons. The molecule has 2 aromatic heterocycles. The lowest BCUT2D eigenvalue weighted by molar-refractivity contribution is 0.340. The van der Waals surface area contributed by atoms with Gasteiger partial charge in [0.1, 0.15) is 16.9 Å². The highest BCUT2D eigenvalue weighted by molar-refractivity contribution is 7.19. The first-order valence-electron chi connectivity index (χ1n) is 9.01. The zero-order valence-electron chi connectivity index (χ0n) is 15.6. The summed E-state index contributed by atoms with van der Waals surface area (Å²) in [6, 6.07) is 17.5. The Hall–Kier alpha value is -3.25. The highest BCUT2D eigenvalue weighted by Gasteiger charge is 2.16. The van der Waals surface area contributed by atoms with Crippen molar-refractivity contribution in [3.05, 3.63) is 81.7 Å². The molecule has 0 atom stereocenters. The van der Waals surface area contributed by atoms with Crippen molar-refractivity contribution >= 4 is 27.8 Å². The van der Waals surface area contributed by atoms with Crippen molar-refractivity contribution in [2.45, 2.75) is 13.8 Å². The maximum absolute atomic E-state index is 13.2. The Morgan fingerprint density at radius 3 is 2.68 bits per heavy atom. The molecule has 0 aliphatic carbocycles. The Morgan fingerprint density at radius 1 is 1.14 bits per heavy atom. The molecule has 0 amide bonds. The molecule has 2 heterocycles. The fourth-order valence-electron chi connectivity index (χ4n) is 3.13. The lowest BCUT2D eigenvalue weighted by atomic mass is 10.0. The van der Waals surface area contributed by atoms with Crippen LogP contribution in [0.5, 0.6) is 5.75 Å². The molecule has 0 saturated heterocycles. The van der Waals surface area contributed by atoms with Crippen LogP contribution in [0.15, 0.2) is 70.8 Å². The largest absolute Gasteiger partial charge is 0.493 e. The van der Waals surface area contributed by atoms with Crippen LogP contribution in [-0.4, -0.2) is 22.5 Å². The summed E-state index contributed by atoms with van der Waals surface area (Å²) in [5.74, 6) is 0.729. The molecule has 4 aromatic rings. The van der Waals surface area contributed by atoms with E-state index < -0.39 is 0 Å². The number of fused-ring (bicyclic) bond motifs is 1. The Balaban J connectivity index is 1.82. The van der Waals surface area contributed by atoms with Crippen LogP contribution < -0.4 is 10.3 Å². The zero-order valence-corrected chi connectivity index (χ0v) is 16.4.